The summed E-state index contributed by atoms with van der Waals surface area (Å²) >= 11 is 1.74. The molecule has 0 N–H and O–H groups in total. The van der Waals surface area contributed by atoms with Gasteiger partial charge in [0.25, 0.3) is 0 Å². The van der Waals surface area contributed by atoms with Crippen LogP contribution >= 0.6 is 0 Å². The molecule has 4 heteroatoms. The number of benzene rings is 4. The summed E-state index contributed by atoms with van der Waals surface area (Å²) in [7, 11) is 0. The maximum atomic E-state index is 2.39. The predicted molar refractivity (Wildman–Crippen MR) is 218 cm³/mol. The van der Waals surface area contributed by atoms with Gasteiger partial charge in [0.15, 0.2) is 0 Å². The van der Waals surface area contributed by atoms with Gasteiger partial charge in [0.05, 0.1) is 0 Å². The van der Waals surface area contributed by atoms with Crippen LogP contribution in [0.25, 0.3) is 43.8 Å². The molecule has 0 aliphatic heterocycles. The Kier molecular flexibility index (Phi) is 16.9. The first-order chi connectivity index (χ1) is 23.0. The molecule has 0 aromatic heterocycles. The standard InChI is InChI=1S/C23H27.C22H25.C2H6Si.2ClH.Zr/c1-6-7-17-14-21-16(2)8-13-20(22(21)15-17)18-9-11-19(12-10-18)23(3,4)5;1-15(2)18-13-17-7-6-8-20(21(17)14-18)16-9-11-19(12-10-16)22(3,4)5;1-3-2;;;/h8-15H,6-7H2,1-5H3;6-15H,1-5H3;1-2H3;2*1H;/q2*-1;;;;+2/p-2. The Morgan fingerprint density at radius 2 is 1.16 bits per heavy atom. The van der Waals surface area contributed by atoms with Gasteiger partial charge in [0.2, 0.25) is 0 Å². The molecule has 270 valence electrons. The van der Waals surface area contributed by atoms with Gasteiger partial charge >= 0.3 is 41.9 Å². The Balaban J connectivity index is 0.000000309. The number of aryl methyl sites for hydroxylation is 2. The van der Waals surface area contributed by atoms with Crippen LogP contribution in [0.1, 0.15) is 102 Å². The fourth-order valence-electron chi connectivity index (χ4n) is 6.33. The number of hydrogen-bond acceptors (Lipinski definition) is 0. The molecule has 6 rings (SSSR count). The van der Waals surface area contributed by atoms with Crippen molar-refractivity contribution in [3.8, 4) is 22.3 Å². The minimum atomic E-state index is 0. The van der Waals surface area contributed by atoms with Crippen molar-refractivity contribution in [2.24, 2.45) is 0 Å². The van der Waals surface area contributed by atoms with Crippen LogP contribution in [-0.4, -0.2) is 5.43 Å². The third kappa shape index (κ3) is 11.9. The Bertz CT molecular complexity index is 1990. The summed E-state index contributed by atoms with van der Waals surface area (Å²) in [6, 6.07) is 38.7. The quantitative estimate of drug-likeness (QED) is 0.122. The molecule has 0 nitrogen and oxygen atoms in total. The number of rotatable bonds is 5. The topological polar surface area (TPSA) is 0 Å². The molecule has 0 heterocycles. The van der Waals surface area contributed by atoms with E-state index in [0.29, 0.717) is 5.92 Å². The zero-order valence-electron chi connectivity index (χ0n) is 33.1. The summed E-state index contributed by atoms with van der Waals surface area (Å²) in [6.45, 7) is 27.2. The molecule has 0 radical (unpaired) electrons. The molecule has 0 aliphatic rings. The summed E-state index contributed by atoms with van der Waals surface area (Å²) in [6.07, 6.45) is 2.36. The molecule has 0 saturated heterocycles. The van der Waals surface area contributed by atoms with Gasteiger partial charge in [-0.1, -0.05) is 147 Å². The van der Waals surface area contributed by atoms with Crippen molar-refractivity contribution in [3.63, 3.8) is 0 Å². The Hall–Kier alpha value is -2.22. The fourth-order valence-corrected chi connectivity index (χ4v) is 6.33. The van der Waals surface area contributed by atoms with E-state index in [2.05, 4.69) is 185 Å². The van der Waals surface area contributed by atoms with E-state index in [9.17, 15) is 0 Å². The Labute approximate surface area is 337 Å². The van der Waals surface area contributed by atoms with Crippen LogP contribution in [0.5, 0.6) is 0 Å². The van der Waals surface area contributed by atoms with Crippen molar-refractivity contribution >= 4 is 27.0 Å². The van der Waals surface area contributed by atoms with Crippen molar-refractivity contribution in [2.45, 2.75) is 112 Å². The van der Waals surface area contributed by atoms with Crippen LogP contribution in [-0.2, 0) is 40.6 Å². The average molecular weight is 813 g/mol. The summed E-state index contributed by atoms with van der Waals surface area (Å²) in [4.78, 5) is 0. The predicted octanol–water partition coefficient (Wildman–Crippen LogP) is 8.22. The second-order valence-corrected chi connectivity index (χ2v) is 25.7. The van der Waals surface area contributed by atoms with E-state index in [4.69, 9.17) is 0 Å². The van der Waals surface area contributed by atoms with Crippen LogP contribution in [0.2, 0.25) is 13.1 Å². The minimum absolute atomic E-state index is 0. The van der Waals surface area contributed by atoms with Gasteiger partial charge in [-0.3, -0.25) is 0 Å². The van der Waals surface area contributed by atoms with E-state index >= 15 is 0 Å². The monoisotopic (exact) mass is 810 g/mol. The summed E-state index contributed by atoms with van der Waals surface area (Å²) in [5.74, 6) is 0.573. The normalized spacial score (nSPS) is 11.3. The van der Waals surface area contributed by atoms with Crippen molar-refractivity contribution in [1.82, 2.24) is 0 Å². The summed E-state index contributed by atoms with van der Waals surface area (Å²) in [5, 5.41) is 5.53. The van der Waals surface area contributed by atoms with Gasteiger partial charge in [0, 0.05) is 0 Å². The summed E-state index contributed by atoms with van der Waals surface area (Å²) in [5.41, 5.74) is 13.0. The smallest absolute Gasteiger partial charge is 1.00 e. The molecule has 6 aromatic rings. The van der Waals surface area contributed by atoms with Crippen molar-refractivity contribution in [1.29, 1.82) is 0 Å². The number of halogens is 2. The van der Waals surface area contributed by atoms with E-state index in [1.54, 1.807) is 23.3 Å². The first-order valence-electron chi connectivity index (χ1n) is 18.1. The zero-order chi connectivity index (χ0) is 36.1. The Morgan fingerprint density at radius 1 is 0.667 bits per heavy atom. The largest absolute Gasteiger partial charge is 1.00 e. The molecule has 0 spiro atoms. The first-order valence-corrected chi connectivity index (χ1v) is 24.3. The molecule has 0 unspecified atom stereocenters. The molecule has 0 saturated carbocycles. The zero-order valence-corrected chi connectivity index (χ0v) is 38.0. The van der Waals surface area contributed by atoms with Crippen LogP contribution < -0.4 is 24.8 Å². The number of fused-ring (bicyclic) bond motifs is 2. The van der Waals surface area contributed by atoms with Crippen molar-refractivity contribution in [3.05, 3.63) is 131 Å². The van der Waals surface area contributed by atoms with Gasteiger partial charge < -0.3 is 24.8 Å². The van der Waals surface area contributed by atoms with Crippen molar-refractivity contribution < 1.29 is 48.1 Å². The second-order valence-electron chi connectivity index (χ2n) is 16.3. The third-order valence-electron chi connectivity index (χ3n) is 9.27. The van der Waals surface area contributed by atoms with Gasteiger partial charge in [-0.25, -0.2) is 0 Å². The molecule has 0 amide bonds. The summed E-state index contributed by atoms with van der Waals surface area (Å²) < 4.78 is 0. The molecule has 0 aliphatic carbocycles. The van der Waals surface area contributed by atoms with E-state index in [1.807, 2.05) is 0 Å². The molecule has 0 atom stereocenters. The van der Waals surface area contributed by atoms with Gasteiger partial charge in [-0.15, -0.1) is 68.6 Å². The van der Waals surface area contributed by atoms with Crippen LogP contribution in [0.3, 0.4) is 0 Å². The first kappa shape index (κ1) is 44.9. The van der Waals surface area contributed by atoms with Crippen molar-refractivity contribution in [2.75, 3.05) is 0 Å². The SMILES string of the molecule is CC(C)c1cc2c(-c3ccc(C(C)(C)C)cc3)cccc2[cH-]1.CCCc1cc2c(-c3ccc(C(C)(C)C)cc3)ccc(C)c2[cH-]1.C[Si](C)=[Zr+2].[Cl-].[Cl-]. The molecule has 0 bridgehead atoms. The second kappa shape index (κ2) is 19.2. The van der Waals surface area contributed by atoms with E-state index < -0.39 is 0 Å². The molecular formula is C47H58Cl2SiZr-2. The van der Waals surface area contributed by atoms with Gasteiger partial charge in [0.1, 0.15) is 0 Å². The molecule has 51 heavy (non-hydrogen) atoms. The van der Waals surface area contributed by atoms with E-state index in [0.717, 1.165) is 6.42 Å². The van der Waals surface area contributed by atoms with Crippen LogP contribution in [0.4, 0.5) is 0 Å². The van der Waals surface area contributed by atoms with E-state index in [-0.39, 0.29) is 41.1 Å². The third-order valence-corrected chi connectivity index (χ3v) is 9.27. The van der Waals surface area contributed by atoms with Crippen LogP contribution in [0, 0.1) is 6.92 Å². The van der Waals surface area contributed by atoms with Crippen LogP contribution in [0.15, 0.2) is 103 Å². The van der Waals surface area contributed by atoms with E-state index in [1.165, 1.54) is 78.0 Å². The maximum absolute atomic E-state index is 2.39. The van der Waals surface area contributed by atoms with Gasteiger partial charge in [-0.2, -0.15) is 12.1 Å². The average Bonchev–Trinajstić information content (AvgIpc) is 3.66. The number of hydrogen-bond donors (Lipinski definition) is 0. The molecule has 0 fully saturated rings. The fraction of sp³-hybridized carbons (Fsp3) is 0.362. The molecule has 6 aromatic carbocycles. The Morgan fingerprint density at radius 3 is 1.61 bits per heavy atom. The van der Waals surface area contributed by atoms with Gasteiger partial charge in [-0.05, 0) is 45.4 Å². The molecular weight excluding hydrogens is 755 g/mol. The maximum Gasteiger partial charge on any atom is -1.00 e. The minimum Gasteiger partial charge on any atom is -1.00 e.